The highest BCUT2D eigenvalue weighted by Gasteiger charge is 2.35. The van der Waals surface area contributed by atoms with Crippen molar-refractivity contribution in [3.63, 3.8) is 0 Å². The van der Waals surface area contributed by atoms with E-state index in [0.29, 0.717) is 28.6 Å². The van der Waals surface area contributed by atoms with Crippen LogP contribution in [0.1, 0.15) is 37.0 Å². The van der Waals surface area contributed by atoms with Gasteiger partial charge in [-0.3, -0.25) is 4.79 Å². The minimum absolute atomic E-state index is 0. The van der Waals surface area contributed by atoms with Crippen LogP contribution in [0.3, 0.4) is 0 Å². The normalized spacial score (nSPS) is 24.5. The first kappa shape index (κ1) is 19.0. The average Bonchev–Trinajstić information content (AvgIpc) is 3.06. The van der Waals surface area contributed by atoms with Crippen LogP contribution >= 0.6 is 12.4 Å². The Morgan fingerprint density at radius 3 is 2.69 bits per heavy atom. The first-order valence-corrected chi connectivity index (χ1v) is 9.18. The van der Waals surface area contributed by atoms with E-state index in [-0.39, 0.29) is 30.4 Å². The molecule has 1 amide bonds. The molecule has 2 aromatic rings. The van der Waals surface area contributed by atoms with E-state index in [1.165, 1.54) is 25.9 Å². The highest BCUT2D eigenvalue weighted by atomic mass is 35.5. The van der Waals surface area contributed by atoms with Gasteiger partial charge in [-0.05, 0) is 57.8 Å². The Hall–Kier alpha value is -1.79. The summed E-state index contributed by atoms with van der Waals surface area (Å²) in [6.45, 7) is 7.46. The standard InChI is InChI=1S/C19H26N4O2.ClH/c1-12(2)22(3)19-21-17-14(5-4-6-16(17)25-19)18(24)20-15-11-23-9-7-13(15)8-10-23;/h4-6,12-13,15H,7-11H2,1-3H3,(H,20,24);1H. The van der Waals surface area contributed by atoms with Crippen LogP contribution in [0.5, 0.6) is 0 Å². The van der Waals surface area contributed by atoms with Gasteiger partial charge in [0.25, 0.3) is 11.9 Å². The number of fused-ring (bicyclic) bond motifs is 4. The highest BCUT2D eigenvalue weighted by molar-refractivity contribution is 6.04. The fraction of sp³-hybridized carbons (Fsp3) is 0.579. The molecule has 1 aromatic carbocycles. The molecule has 0 spiro atoms. The molecule has 2 bridgehead atoms. The Morgan fingerprint density at radius 1 is 1.35 bits per heavy atom. The van der Waals surface area contributed by atoms with Crippen LogP contribution in [-0.2, 0) is 0 Å². The minimum Gasteiger partial charge on any atom is -0.423 e. The van der Waals surface area contributed by atoms with Gasteiger partial charge < -0.3 is 19.5 Å². The number of hydrogen-bond donors (Lipinski definition) is 1. The highest BCUT2D eigenvalue weighted by Crippen LogP contribution is 2.29. The number of carbonyl (C=O) groups excluding carboxylic acids is 1. The molecule has 0 aliphatic carbocycles. The van der Waals surface area contributed by atoms with E-state index in [9.17, 15) is 4.79 Å². The molecule has 5 rings (SSSR count). The summed E-state index contributed by atoms with van der Waals surface area (Å²) >= 11 is 0. The largest absolute Gasteiger partial charge is 0.423 e. The molecule has 142 valence electrons. The number of carbonyl (C=O) groups is 1. The molecule has 4 heterocycles. The molecular weight excluding hydrogens is 352 g/mol. The number of amides is 1. The van der Waals surface area contributed by atoms with Crippen molar-refractivity contribution in [2.75, 3.05) is 31.6 Å². The Morgan fingerprint density at radius 2 is 2.08 bits per heavy atom. The topological polar surface area (TPSA) is 61.6 Å². The average molecular weight is 379 g/mol. The van der Waals surface area contributed by atoms with Crippen molar-refractivity contribution in [2.24, 2.45) is 5.92 Å². The van der Waals surface area contributed by atoms with E-state index in [1.54, 1.807) is 0 Å². The fourth-order valence-corrected chi connectivity index (χ4v) is 3.87. The molecule has 1 unspecified atom stereocenters. The fourth-order valence-electron chi connectivity index (χ4n) is 3.87. The maximum absolute atomic E-state index is 12.9. The molecule has 3 saturated heterocycles. The summed E-state index contributed by atoms with van der Waals surface area (Å²) < 4.78 is 5.85. The Labute approximate surface area is 160 Å². The Kier molecular flexibility index (Phi) is 5.44. The van der Waals surface area contributed by atoms with Gasteiger partial charge in [-0.2, -0.15) is 4.98 Å². The van der Waals surface area contributed by atoms with Gasteiger partial charge in [0.1, 0.15) is 5.52 Å². The lowest BCUT2D eigenvalue weighted by Gasteiger charge is -2.44. The molecule has 1 N–H and O–H groups in total. The van der Waals surface area contributed by atoms with E-state index in [4.69, 9.17) is 4.42 Å². The number of para-hydroxylation sites is 1. The van der Waals surface area contributed by atoms with Crippen LogP contribution in [0.4, 0.5) is 6.01 Å². The van der Waals surface area contributed by atoms with Crippen molar-refractivity contribution in [1.29, 1.82) is 0 Å². The van der Waals surface area contributed by atoms with Crippen molar-refractivity contribution >= 4 is 35.4 Å². The molecular formula is C19H27ClN4O2. The SMILES string of the molecule is CC(C)N(C)c1nc2c(C(=O)NC3CN4CCC3CC4)cccc2o1.Cl. The number of halogens is 1. The number of nitrogens with one attached hydrogen (secondary N) is 1. The van der Waals surface area contributed by atoms with Crippen LogP contribution in [0, 0.1) is 5.92 Å². The molecule has 6 nitrogen and oxygen atoms in total. The summed E-state index contributed by atoms with van der Waals surface area (Å²) in [4.78, 5) is 21.9. The summed E-state index contributed by atoms with van der Waals surface area (Å²) in [5.41, 5.74) is 1.90. The van der Waals surface area contributed by atoms with E-state index in [2.05, 4.69) is 29.0 Å². The first-order valence-electron chi connectivity index (χ1n) is 9.18. The Balaban J connectivity index is 0.00000196. The lowest BCUT2D eigenvalue weighted by atomic mass is 9.84. The van der Waals surface area contributed by atoms with Crippen LogP contribution < -0.4 is 10.2 Å². The number of nitrogens with zero attached hydrogens (tertiary/aromatic N) is 3. The number of oxazole rings is 1. The number of rotatable bonds is 4. The van der Waals surface area contributed by atoms with Crippen LogP contribution in [0.25, 0.3) is 11.1 Å². The second-order valence-corrected chi connectivity index (χ2v) is 7.57. The van der Waals surface area contributed by atoms with E-state index in [0.717, 1.165) is 6.54 Å². The minimum atomic E-state index is -0.0450. The maximum Gasteiger partial charge on any atom is 0.298 e. The zero-order chi connectivity index (χ0) is 17.6. The summed E-state index contributed by atoms with van der Waals surface area (Å²) in [5, 5.41) is 3.24. The van der Waals surface area contributed by atoms with Gasteiger partial charge in [0.05, 0.1) is 5.56 Å². The third-order valence-corrected chi connectivity index (χ3v) is 5.70. The predicted molar refractivity (Wildman–Crippen MR) is 105 cm³/mol. The molecule has 3 aliphatic heterocycles. The monoisotopic (exact) mass is 378 g/mol. The second kappa shape index (κ2) is 7.45. The number of hydrogen-bond acceptors (Lipinski definition) is 5. The number of anilines is 1. The first-order chi connectivity index (χ1) is 12.0. The van der Waals surface area contributed by atoms with Crippen LogP contribution in [0.2, 0.25) is 0 Å². The van der Waals surface area contributed by atoms with Gasteiger partial charge in [-0.1, -0.05) is 6.07 Å². The molecule has 26 heavy (non-hydrogen) atoms. The quantitative estimate of drug-likeness (QED) is 0.886. The summed E-state index contributed by atoms with van der Waals surface area (Å²) in [6, 6.07) is 6.63. The lowest BCUT2D eigenvalue weighted by Crippen LogP contribution is -2.57. The molecule has 3 fully saturated rings. The number of aromatic nitrogens is 1. The third kappa shape index (κ3) is 3.40. The molecule has 1 atom stereocenters. The van der Waals surface area contributed by atoms with Gasteiger partial charge >= 0.3 is 0 Å². The number of piperidine rings is 3. The van der Waals surface area contributed by atoms with Crippen molar-refractivity contribution in [2.45, 2.75) is 38.8 Å². The van der Waals surface area contributed by atoms with Crippen molar-refractivity contribution in [3.8, 4) is 0 Å². The molecule has 0 saturated carbocycles. The zero-order valence-corrected chi connectivity index (χ0v) is 16.4. The van der Waals surface area contributed by atoms with Crippen molar-refractivity contribution < 1.29 is 9.21 Å². The predicted octanol–water partition coefficient (Wildman–Crippen LogP) is 2.92. The lowest BCUT2D eigenvalue weighted by molar-refractivity contribution is 0.0621. The Bertz CT molecular complexity index is 783. The van der Waals surface area contributed by atoms with Gasteiger partial charge in [0, 0.05) is 25.7 Å². The van der Waals surface area contributed by atoms with E-state index in [1.807, 2.05) is 30.1 Å². The van der Waals surface area contributed by atoms with Crippen LogP contribution in [-0.4, -0.2) is 54.6 Å². The van der Waals surface area contributed by atoms with Gasteiger partial charge in [-0.15, -0.1) is 12.4 Å². The molecule has 7 heteroatoms. The molecule has 3 aliphatic rings. The zero-order valence-electron chi connectivity index (χ0n) is 15.6. The van der Waals surface area contributed by atoms with Gasteiger partial charge in [0.2, 0.25) is 0 Å². The van der Waals surface area contributed by atoms with Crippen LogP contribution in [0.15, 0.2) is 22.6 Å². The molecule has 1 aromatic heterocycles. The maximum atomic E-state index is 12.9. The number of benzene rings is 1. The van der Waals surface area contributed by atoms with Gasteiger partial charge in [0.15, 0.2) is 5.58 Å². The third-order valence-electron chi connectivity index (χ3n) is 5.70. The molecule has 0 radical (unpaired) electrons. The smallest absolute Gasteiger partial charge is 0.298 e. The summed E-state index contributed by atoms with van der Waals surface area (Å²) in [7, 11) is 1.95. The van der Waals surface area contributed by atoms with Gasteiger partial charge in [-0.25, -0.2) is 0 Å². The van der Waals surface area contributed by atoms with Crippen molar-refractivity contribution in [3.05, 3.63) is 23.8 Å². The van der Waals surface area contributed by atoms with E-state index >= 15 is 0 Å². The van der Waals surface area contributed by atoms with E-state index < -0.39 is 0 Å². The summed E-state index contributed by atoms with van der Waals surface area (Å²) in [5.74, 6) is 0.560. The second-order valence-electron chi connectivity index (χ2n) is 7.57. The van der Waals surface area contributed by atoms with Crippen molar-refractivity contribution in [1.82, 2.24) is 15.2 Å². The summed E-state index contributed by atoms with van der Waals surface area (Å²) in [6.07, 6.45) is 2.37.